The van der Waals surface area contributed by atoms with Gasteiger partial charge in [-0.05, 0) is 6.07 Å². The monoisotopic (exact) mass is 209 g/mol. The maximum Gasteiger partial charge on any atom is 0.164 e. The molecule has 2 rings (SSSR count). The van der Waals surface area contributed by atoms with Crippen LogP contribution in [0, 0.1) is 0 Å². The van der Waals surface area contributed by atoms with Gasteiger partial charge in [-0.15, -0.1) is 0 Å². The van der Waals surface area contributed by atoms with Crippen LogP contribution in [0.4, 0.5) is 5.82 Å². The fraction of sp³-hybridized carbons (Fsp3) is 0.125. The Bertz CT molecular complexity index is 405. The topological polar surface area (TPSA) is 69.6 Å². The minimum absolute atomic E-state index is 0.322. The van der Waals surface area contributed by atoms with Crippen LogP contribution in [0.15, 0.2) is 24.7 Å². The molecule has 0 aromatic carbocycles. The second-order valence-electron chi connectivity index (χ2n) is 2.72. The van der Waals surface area contributed by atoms with E-state index in [2.05, 4.69) is 15.1 Å². The van der Waals surface area contributed by atoms with Crippen LogP contribution in [0.1, 0.15) is 5.82 Å². The summed E-state index contributed by atoms with van der Waals surface area (Å²) in [5, 5.41) is 4.43. The summed E-state index contributed by atoms with van der Waals surface area (Å²) in [5.74, 6) is 0.995. The number of anilines is 1. The first-order valence-electron chi connectivity index (χ1n) is 4.00. The van der Waals surface area contributed by atoms with E-state index < -0.39 is 0 Å². The Labute approximate surface area is 85.5 Å². The van der Waals surface area contributed by atoms with E-state index in [-0.39, 0.29) is 0 Å². The maximum atomic E-state index is 5.75. The summed E-state index contributed by atoms with van der Waals surface area (Å²) in [6.07, 6.45) is 5.00. The molecule has 0 radical (unpaired) electrons. The summed E-state index contributed by atoms with van der Waals surface area (Å²) in [6.45, 7) is 0.470. The number of nitrogen functional groups attached to an aromatic ring is 1. The summed E-state index contributed by atoms with van der Waals surface area (Å²) in [7, 11) is 0. The Balaban J connectivity index is 2.19. The standard InChI is InChI=1S/C8H8ClN5/c9-6-4-14(13-8(6)10)5-7-11-2-1-3-12-7/h1-4H,5H2,(H2,10,13). The van der Waals surface area contributed by atoms with Crippen LogP contribution in [0.25, 0.3) is 0 Å². The molecule has 5 nitrogen and oxygen atoms in total. The molecule has 0 saturated heterocycles. The van der Waals surface area contributed by atoms with Crippen molar-refractivity contribution in [2.45, 2.75) is 6.54 Å². The van der Waals surface area contributed by atoms with E-state index in [4.69, 9.17) is 17.3 Å². The van der Waals surface area contributed by atoms with Crippen LogP contribution in [-0.4, -0.2) is 19.7 Å². The van der Waals surface area contributed by atoms with Crippen molar-refractivity contribution in [3.63, 3.8) is 0 Å². The van der Waals surface area contributed by atoms with Gasteiger partial charge >= 0.3 is 0 Å². The third-order valence-corrected chi connectivity index (χ3v) is 1.96. The molecule has 0 fully saturated rings. The molecule has 0 atom stereocenters. The molecule has 6 heteroatoms. The van der Waals surface area contributed by atoms with E-state index >= 15 is 0 Å². The lowest BCUT2D eigenvalue weighted by molar-refractivity contribution is 0.658. The van der Waals surface area contributed by atoms with Crippen molar-refractivity contribution < 1.29 is 0 Å². The van der Waals surface area contributed by atoms with Crippen molar-refractivity contribution in [3.05, 3.63) is 35.5 Å². The average molecular weight is 210 g/mol. The van der Waals surface area contributed by atoms with Crippen LogP contribution in [-0.2, 0) is 6.54 Å². The highest BCUT2D eigenvalue weighted by molar-refractivity contribution is 6.32. The minimum atomic E-state index is 0.322. The lowest BCUT2D eigenvalue weighted by Crippen LogP contribution is -2.04. The Hall–Kier alpha value is -1.62. The van der Waals surface area contributed by atoms with Gasteiger partial charge in [0.25, 0.3) is 0 Å². The van der Waals surface area contributed by atoms with Crippen molar-refractivity contribution in [2.24, 2.45) is 0 Å². The second kappa shape index (κ2) is 3.63. The van der Waals surface area contributed by atoms with Crippen LogP contribution < -0.4 is 5.73 Å². The van der Waals surface area contributed by atoms with E-state index in [1.165, 1.54) is 0 Å². The highest BCUT2D eigenvalue weighted by atomic mass is 35.5. The Kier molecular flexibility index (Phi) is 2.32. The molecule has 0 aliphatic carbocycles. The molecule has 0 bridgehead atoms. The van der Waals surface area contributed by atoms with Gasteiger partial charge in [0.05, 0.1) is 0 Å². The predicted molar refractivity (Wildman–Crippen MR) is 52.8 cm³/mol. The number of halogens is 1. The third kappa shape index (κ3) is 1.82. The van der Waals surface area contributed by atoms with Gasteiger partial charge in [0.15, 0.2) is 5.82 Å². The number of hydrogen-bond acceptors (Lipinski definition) is 4. The zero-order chi connectivity index (χ0) is 9.97. The first kappa shape index (κ1) is 8.96. The minimum Gasteiger partial charge on any atom is -0.381 e. The zero-order valence-corrected chi connectivity index (χ0v) is 8.02. The van der Waals surface area contributed by atoms with Crippen LogP contribution >= 0.6 is 11.6 Å². The molecular formula is C8H8ClN5. The first-order valence-corrected chi connectivity index (χ1v) is 4.38. The molecule has 0 amide bonds. The van der Waals surface area contributed by atoms with Gasteiger partial charge in [-0.1, -0.05) is 11.6 Å². The molecule has 2 aromatic rings. The predicted octanol–water partition coefficient (Wildman–Crippen LogP) is 0.957. The maximum absolute atomic E-state index is 5.75. The fourth-order valence-corrected chi connectivity index (χ4v) is 1.20. The van der Waals surface area contributed by atoms with Gasteiger partial charge < -0.3 is 5.73 Å². The van der Waals surface area contributed by atoms with Crippen LogP contribution in [0.2, 0.25) is 5.02 Å². The molecular weight excluding hydrogens is 202 g/mol. The number of hydrogen-bond donors (Lipinski definition) is 1. The van der Waals surface area contributed by atoms with Crippen molar-refractivity contribution in [1.29, 1.82) is 0 Å². The molecule has 0 unspecified atom stereocenters. The first-order chi connectivity index (χ1) is 6.75. The molecule has 14 heavy (non-hydrogen) atoms. The van der Waals surface area contributed by atoms with Crippen molar-refractivity contribution in [3.8, 4) is 0 Å². The van der Waals surface area contributed by atoms with Gasteiger partial charge in [0.2, 0.25) is 0 Å². The molecule has 2 heterocycles. The number of rotatable bonds is 2. The Morgan fingerprint density at radius 2 is 2.07 bits per heavy atom. The number of nitrogens with zero attached hydrogens (tertiary/aromatic N) is 4. The highest BCUT2D eigenvalue weighted by Gasteiger charge is 2.03. The van der Waals surface area contributed by atoms with E-state index in [0.29, 0.717) is 23.2 Å². The summed E-state index contributed by atoms with van der Waals surface area (Å²) < 4.78 is 1.60. The van der Waals surface area contributed by atoms with Gasteiger partial charge in [0.1, 0.15) is 17.4 Å². The zero-order valence-electron chi connectivity index (χ0n) is 7.26. The Morgan fingerprint density at radius 3 is 2.64 bits per heavy atom. The molecule has 72 valence electrons. The summed E-state index contributed by atoms with van der Waals surface area (Å²) in [6, 6.07) is 1.76. The van der Waals surface area contributed by atoms with E-state index in [1.54, 1.807) is 29.3 Å². The number of aromatic nitrogens is 4. The molecule has 0 aliphatic heterocycles. The molecule has 0 spiro atoms. The summed E-state index contributed by atoms with van der Waals surface area (Å²) >= 11 is 5.75. The smallest absolute Gasteiger partial charge is 0.164 e. The molecule has 0 saturated carbocycles. The lowest BCUT2D eigenvalue weighted by Gasteiger charge is -1.97. The molecule has 2 N–H and O–H groups in total. The third-order valence-electron chi connectivity index (χ3n) is 1.67. The lowest BCUT2D eigenvalue weighted by atomic mass is 10.5. The van der Waals surface area contributed by atoms with Crippen molar-refractivity contribution in [2.75, 3.05) is 5.73 Å². The quantitative estimate of drug-likeness (QED) is 0.800. The highest BCUT2D eigenvalue weighted by Crippen LogP contribution is 2.15. The molecule has 0 aliphatic rings. The molecule has 2 aromatic heterocycles. The van der Waals surface area contributed by atoms with Gasteiger partial charge in [0, 0.05) is 18.6 Å². The SMILES string of the molecule is Nc1nn(Cc2ncccn2)cc1Cl. The number of nitrogens with two attached hydrogens (primary N) is 1. The fourth-order valence-electron chi connectivity index (χ4n) is 1.05. The normalized spacial score (nSPS) is 10.4. The van der Waals surface area contributed by atoms with Gasteiger partial charge in [-0.3, -0.25) is 4.68 Å². The van der Waals surface area contributed by atoms with Gasteiger partial charge in [-0.2, -0.15) is 5.10 Å². The van der Waals surface area contributed by atoms with Crippen molar-refractivity contribution >= 4 is 17.4 Å². The van der Waals surface area contributed by atoms with Gasteiger partial charge in [-0.25, -0.2) is 9.97 Å². The van der Waals surface area contributed by atoms with E-state index in [1.807, 2.05) is 0 Å². The largest absolute Gasteiger partial charge is 0.381 e. The van der Waals surface area contributed by atoms with Crippen molar-refractivity contribution in [1.82, 2.24) is 19.7 Å². The van der Waals surface area contributed by atoms with Crippen LogP contribution in [0.3, 0.4) is 0 Å². The van der Waals surface area contributed by atoms with E-state index in [9.17, 15) is 0 Å². The van der Waals surface area contributed by atoms with E-state index in [0.717, 1.165) is 0 Å². The summed E-state index contributed by atoms with van der Waals surface area (Å²) in [4.78, 5) is 8.11. The van der Waals surface area contributed by atoms with Crippen LogP contribution in [0.5, 0.6) is 0 Å². The second-order valence-corrected chi connectivity index (χ2v) is 3.13. The Morgan fingerprint density at radius 1 is 1.36 bits per heavy atom. The summed E-state index contributed by atoms with van der Waals surface area (Å²) in [5.41, 5.74) is 5.49. The average Bonchev–Trinajstić information content (AvgIpc) is 2.47.